The summed E-state index contributed by atoms with van der Waals surface area (Å²) in [6.45, 7) is 5.31. The molecule has 3 aromatic rings. The van der Waals surface area contributed by atoms with Crippen molar-refractivity contribution in [2.24, 2.45) is 5.16 Å². The van der Waals surface area contributed by atoms with Crippen LogP contribution in [0.4, 0.5) is 17.6 Å². The molecule has 13 heteroatoms. The molecule has 5 rings (SSSR count). The van der Waals surface area contributed by atoms with Crippen LogP contribution in [0.25, 0.3) is 0 Å². The highest BCUT2D eigenvalue weighted by atomic mass is 35.5. The van der Waals surface area contributed by atoms with Crippen molar-refractivity contribution < 1.29 is 36.9 Å². The molecule has 0 radical (unpaired) electrons. The van der Waals surface area contributed by atoms with Crippen molar-refractivity contribution in [1.82, 2.24) is 4.90 Å². The molecule has 3 aromatic carbocycles. The van der Waals surface area contributed by atoms with Gasteiger partial charge in [-0.25, -0.2) is 4.39 Å². The summed E-state index contributed by atoms with van der Waals surface area (Å²) in [5, 5.41) is 12.9. The van der Waals surface area contributed by atoms with Crippen molar-refractivity contribution in [2.45, 2.75) is 51.0 Å². The van der Waals surface area contributed by atoms with Gasteiger partial charge in [0.15, 0.2) is 11.7 Å². The van der Waals surface area contributed by atoms with Crippen LogP contribution in [0.2, 0.25) is 10.0 Å². The first-order valence-electron chi connectivity index (χ1n) is 13.0. The molecule has 1 amide bonds. The van der Waals surface area contributed by atoms with Crippen molar-refractivity contribution in [3.63, 3.8) is 0 Å². The van der Waals surface area contributed by atoms with Crippen molar-refractivity contribution >= 4 is 47.5 Å². The highest BCUT2D eigenvalue weighted by Crippen LogP contribution is 2.50. The third kappa shape index (κ3) is 5.28. The molecule has 0 saturated heterocycles. The molecule has 2 aliphatic rings. The van der Waals surface area contributed by atoms with E-state index in [9.17, 15) is 27.4 Å². The number of benzene rings is 3. The average Bonchev–Trinajstić information content (AvgIpc) is 3.47. The maximum atomic E-state index is 14.7. The first-order valence-corrected chi connectivity index (χ1v) is 13.7. The predicted molar refractivity (Wildman–Crippen MR) is 151 cm³/mol. The van der Waals surface area contributed by atoms with Gasteiger partial charge in [-0.15, -0.1) is 0 Å². The van der Waals surface area contributed by atoms with Gasteiger partial charge in [0, 0.05) is 17.7 Å². The number of carbonyl (C=O) groups excluding carboxylic acids is 1. The van der Waals surface area contributed by atoms with E-state index < -0.39 is 58.3 Å². The van der Waals surface area contributed by atoms with E-state index in [2.05, 4.69) is 5.16 Å². The second-order valence-electron chi connectivity index (χ2n) is 10.8. The topological polar surface area (TPSA) is 71.4 Å². The zero-order valence-corrected chi connectivity index (χ0v) is 24.2. The number of halogens is 6. The fourth-order valence-corrected chi connectivity index (χ4v) is 5.78. The van der Waals surface area contributed by atoms with Crippen LogP contribution < -0.4 is 5.46 Å². The van der Waals surface area contributed by atoms with E-state index in [-0.39, 0.29) is 24.4 Å². The van der Waals surface area contributed by atoms with Crippen molar-refractivity contribution in [3.8, 4) is 0 Å². The van der Waals surface area contributed by atoms with Gasteiger partial charge in [0.05, 0.1) is 22.1 Å². The number of fused-ring (bicyclic) bond motifs is 1. The number of amides is 1. The quantitative estimate of drug-likeness (QED) is 0.207. The SMILES string of the molecule is Cc1ccccc1C(=O)N(CCc1ccc2c(c1)B(O)OC2(C)C)C1=NOC(c2cc(Cl)c(F)c(Cl)c2)(C(F)(F)F)C1. The number of carbonyl (C=O) groups is 1. The average molecular weight is 623 g/mol. The molecule has 0 aliphatic carbocycles. The zero-order valence-electron chi connectivity index (χ0n) is 22.7. The van der Waals surface area contributed by atoms with Gasteiger partial charge >= 0.3 is 13.3 Å². The maximum Gasteiger partial charge on any atom is 0.492 e. The Hall–Kier alpha value is -3.12. The molecule has 1 unspecified atom stereocenters. The molecule has 0 bridgehead atoms. The number of hydrogen-bond donors (Lipinski definition) is 1. The summed E-state index contributed by atoms with van der Waals surface area (Å²) >= 11 is 11.7. The fraction of sp³-hybridized carbons (Fsp3) is 0.310. The number of amidine groups is 1. The van der Waals surface area contributed by atoms with Gasteiger partial charge in [-0.1, -0.05) is 64.8 Å². The molecule has 1 N–H and O–H groups in total. The number of alkyl halides is 3. The number of nitrogens with zero attached hydrogens (tertiary/aromatic N) is 2. The van der Waals surface area contributed by atoms with Gasteiger partial charge in [-0.3, -0.25) is 9.69 Å². The molecular formula is C29H25BCl2F4N2O4. The summed E-state index contributed by atoms with van der Waals surface area (Å²) in [5.74, 6) is -1.92. The Bertz CT molecular complexity index is 1580. The standard InChI is InChI=1S/C29H25BCl2F4N2O4/c1-16-6-4-5-7-19(16)26(39)38(11-10-17-8-9-20-21(12-17)30(40)41-27(20,2)3)24-15-28(42-37-24,29(34,35)36)18-13-22(31)25(33)23(32)14-18/h4-9,12-14,40H,10-11,15H2,1-3H3. The summed E-state index contributed by atoms with van der Waals surface area (Å²) in [6, 6.07) is 13.6. The molecule has 0 saturated carbocycles. The first-order chi connectivity index (χ1) is 19.6. The summed E-state index contributed by atoms with van der Waals surface area (Å²) in [7, 11) is -1.13. The minimum atomic E-state index is -5.04. The third-order valence-corrected chi connectivity index (χ3v) is 8.17. The van der Waals surface area contributed by atoms with Crippen LogP contribution in [0.3, 0.4) is 0 Å². The monoisotopic (exact) mass is 622 g/mol. The largest absolute Gasteiger partial charge is 0.492 e. The normalized spacial score (nSPS) is 19.4. The van der Waals surface area contributed by atoms with E-state index in [0.717, 1.165) is 28.2 Å². The molecule has 2 aliphatic heterocycles. The molecule has 6 nitrogen and oxygen atoms in total. The molecule has 2 heterocycles. The van der Waals surface area contributed by atoms with Crippen LogP contribution in [0.5, 0.6) is 0 Å². The molecular weight excluding hydrogens is 598 g/mol. The van der Waals surface area contributed by atoms with Crippen LogP contribution in [-0.2, 0) is 27.1 Å². The minimum absolute atomic E-state index is 0.0621. The van der Waals surface area contributed by atoms with E-state index in [1.165, 1.54) is 0 Å². The summed E-state index contributed by atoms with van der Waals surface area (Å²) < 4.78 is 63.6. The molecule has 1 atom stereocenters. The van der Waals surface area contributed by atoms with E-state index in [0.29, 0.717) is 11.0 Å². The minimum Gasteiger partial charge on any atom is -0.423 e. The number of aryl methyl sites for hydroxylation is 1. The van der Waals surface area contributed by atoms with Gasteiger partial charge in [0.2, 0.25) is 0 Å². The van der Waals surface area contributed by atoms with E-state index in [4.69, 9.17) is 32.7 Å². The lowest BCUT2D eigenvalue weighted by atomic mass is 9.77. The van der Waals surface area contributed by atoms with Crippen LogP contribution in [0.15, 0.2) is 59.8 Å². The Kier molecular flexibility index (Phi) is 7.85. The Morgan fingerprint density at radius 1 is 1.12 bits per heavy atom. The Labute approximate surface area is 250 Å². The lowest BCUT2D eigenvalue weighted by molar-refractivity contribution is -0.275. The van der Waals surface area contributed by atoms with Crippen LogP contribution >= 0.6 is 23.2 Å². The summed E-state index contributed by atoms with van der Waals surface area (Å²) in [6.07, 6.45) is -5.72. The van der Waals surface area contributed by atoms with Crippen LogP contribution in [0.1, 0.15) is 52.9 Å². The van der Waals surface area contributed by atoms with Crippen molar-refractivity contribution in [2.75, 3.05) is 6.54 Å². The molecule has 0 spiro atoms. The molecule has 0 fully saturated rings. The summed E-state index contributed by atoms with van der Waals surface area (Å²) in [4.78, 5) is 20.0. The lowest BCUT2D eigenvalue weighted by Crippen LogP contribution is -2.45. The number of hydrogen-bond acceptors (Lipinski definition) is 5. The van der Waals surface area contributed by atoms with Crippen LogP contribution in [-0.4, -0.2) is 41.5 Å². The van der Waals surface area contributed by atoms with Crippen LogP contribution in [0, 0.1) is 12.7 Å². The van der Waals surface area contributed by atoms with Gasteiger partial charge in [0.25, 0.3) is 11.5 Å². The second kappa shape index (κ2) is 10.9. The first kappa shape index (κ1) is 30.3. The van der Waals surface area contributed by atoms with Crippen molar-refractivity contribution in [1.29, 1.82) is 0 Å². The maximum absolute atomic E-state index is 14.7. The fourth-order valence-electron chi connectivity index (χ4n) is 5.29. The van der Waals surface area contributed by atoms with Gasteiger partial charge < -0.3 is 14.5 Å². The smallest absolute Gasteiger partial charge is 0.423 e. The Morgan fingerprint density at radius 3 is 2.43 bits per heavy atom. The molecule has 42 heavy (non-hydrogen) atoms. The van der Waals surface area contributed by atoms with E-state index >= 15 is 0 Å². The zero-order chi connectivity index (χ0) is 30.6. The van der Waals surface area contributed by atoms with Crippen molar-refractivity contribution in [3.05, 3.63) is 98.3 Å². The van der Waals surface area contributed by atoms with E-state index in [1.807, 2.05) is 26.0 Å². The number of rotatable bonds is 5. The third-order valence-electron chi connectivity index (χ3n) is 7.62. The number of oxime groups is 1. The van der Waals surface area contributed by atoms with E-state index in [1.54, 1.807) is 37.3 Å². The highest BCUT2D eigenvalue weighted by Gasteiger charge is 2.63. The predicted octanol–water partition coefficient (Wildman–Crippen LogP) is 6.27. The Balaban J connectivity index is 1.50. The Morgan fingerprint density at radius 2 is 1.79 bits per heavy atom. The lowest BCUT2D eigenvalue weighted by Gasteiger charge is -2.30. The summed E-state index contributed by atoms with van der Waals surface area (Å²) in [5.41, 5.74) is -1.30. The highest BCUT2D eigenvalue weighted by molar-refractivity contribution is 6.62. The molecule has 220 valence electrons. The second-order valence-corrected chi connectivity index (χ2v) is 11.6. The van der Waals surface area contributed by atoms with Gasteiger partial charge in [0.1, 0.15) is 0 Å². The molecule has 0 aromatic heterocycles. The van der Waals surface area contributed by atoms with Gasteiger partial charge in [-0.05, 0) is 67.5 Å². The van der Waals surface area contributed by atoms with Gasteiger partial charge in [-0.2, -0.15) is 13.2 Å².